The third-order valence-corrected chi connectivity index (χ3v) is 5.39. The fraction of sp³-hybridized carbons (Fsp3) is 0.0526. The summed E-state index contributed by atoms with van der Waals surface area (Å²) in [6.45, 7) is 0. The van der Waals surface area contributed by atoms with Crippen molar-refractivity contribution in [3.63, 3.8) is 0 Å². The third kappa shape index (κ3) is 4.01. The molecule has 0 saturated heterocycles. The van der Waals surface area contributed by atoms with E-state index in [0.29, 0.717) is 30.3 Å². The van der Waals surface area contributed by atoms with E-state index in [1.54, 1.807) is 24.4 Å². The summed E-state index contributed by atoms with van der Waals surface area (Å²) in [4.78, 5) is 4.01. The van der Waals surface area contributed by atoms with Crippen LogP contribution in [0.2, 0.25) is 0 Å². The van der Waals surface area contributed by atoms with Gasteiger partial charge in [-0.1, -0.05) is 12.1 Å². The molecule has 0 atom stereocenters. The van der Waals surface area contributed by atoms with Crippen LogP contribution in [-0.4, -0.2) is 12.1 Å². The Morgan fingerprint density at radius 3 is 2.33 bits per heavy atom. The summed E-state index contributed by atoms with van der Waals surface area (Å²) in [5.74, 6) is -0.253. The van der Waals surface area contributed by atoms with Gasteiger partial charge in [-0.15, -0.1) is 0 Å². The van der Waals surface area contributed by atoms with Gasteiger partial charge in [-0.25, -0.2) is 13.8 Å². The van der Waals surface area contributed by atoms with Crippen LogP contribution in [0.5, 0.6) is 5.88 Å². The Balaban J connectivity index is 0.000000156. The summed E-state index contributed by atoms with van der Waals surface area (Å²) in [5.41, 5.74) is 0. The van der Waals surface area contributed by atoms with Gasteiger partial charge in [0.25, 0.3) is 0 Å². The molecule has 2 aromatic heterocycles. The lowest BCUT2D eigenvalue weighted by Gasteiger charge is -2.05. The van der Waals surface area contributed by atoms with Crippen LogP contribution in [0.15, 0.2) is 63.9 Å². The number of hydrogen-bond donors (Lipinski definition) is 0. The molecule has 8 heteroatoms. The standard InChI is InChI=1S/C10H7BrFNO.C9H5BrFNO/c1-14-10-8-6(4-5-13-10)2-3-7(12)9(8)11;10-9-7-5-12(13)4-3-6(7)1-2-8(9)11/h2-5H,1H3;1-5H. The van der Waals surface area contributed by atoms with Crippen molar-refractivity contribution < 1.29 is 18.2 Å². The lowest BCUT2D eigenvalue weighted by atomic mass is 10.2. The molecule has 0 aliphatic rings. The Kier molecular flexibility index (Phi) is 5.86. The molecule has 138 valence electrons. The van der Waals surface area contributed by atoms with Gasteiger partial charge in [-0.2, -0.15) is 4.73 Å². The van der Waals surface area contributed by atoms with Crippen molar-refractivity contribution >= 4 is 53.4 Å². The van der Waals surface area contributed by atoms with Crippen molar-refractivity contribution in [2.75, 3.05) is 7.11 Å². The summed E-state index contributed by atoms with van der Waals surface area (Å²) in [6, 6.07) is 9.55. The van der Waals surface area contributed by atoms with Crippen molar-refractivity contribution in [3.8, 4) is 5.88 Å². The molecule has 2 heterocycles. The van der Waals surface area contributed by atoms with Gasteiger partial charge in [-0.05, 0) is 60.8 Å². The van der Waals surface area contributed by atoms with E-state index < -0.39 is 0 Å². The van der Waals surface area contributed by atoms with E-state index in [0.717, 1.165) is 10.8 Å². The van der Waals surface area contributed by atoms with Crippen LogP contribution < -0.4 is 9.47 Å². The molecule has 0 N–H and O–H groups in total. The van der Waals surface area contributed by atoms with Gasteiger partial charge in [-0.3, -0.25) is 0 Å². The molecule has 27 heavy (non-hydrogen) atoms. The van der Waals surface area contributed by atoms with Gasteiger partial charge in [0.15, 0.2) is 12.4 Å². The number of hydrogen-bond acceptors (Lipinski definition) is 3. The summed E-state index contributed by atoms with van der Waals surface area (Å²) in [5, 5.41) is 13.9. The Labute approximate surface area is 170 Å². The second-order valence-electron chi connectivity index (χ2n) is 5.45. The summed E-state index contributed by atoms with van der Waals surface area (Å²) in [7, 11) is 1.51. The maximum Gasteiger partial charge on any atom is 0.222 e. The predicted molar refractivity (Wildman–Crippen MR) is 107 cm³/mol. The highest BCUT2D eigenvalue weighted by atomic mass is 79.9. The van der Waals surface area contributed by atoms with Gasteiger partial charge in [0.05, 0.1) is 26.8 Å². The highest BCUT2D eigenvalue weighted by Gasteiger charge is 2.10. The number of methoxy groups -OCH3 is 1. The van der Waals surface area contributed by atoms with Crippen molar-refractivity contribution in [1.29, 1.82) is 0 Å². The van der Waals surface area contributed by atoms with Crippen molar-refractivity contribution in [3.05, 3.63) is 80.8 Å². The second kappa shape index (κ2) is 8.14. The van der Waals surface area contributed by atoms with E-state index in [4.69, 9.17) is 4.74 Å². The summed E-state index contributed by atoms with van der Waals surface area (Å²) < 4.78 is 32.7. The molecule has 4 rings (SSSR count). The summed E-state index contributed by atoms with van der Waals surface area (Å²) in [6.07, 6.45) is 4.35. The molecule has 0 spiro atoms. The molecule has 0 saturated carbocycles. The normalized spacial score (nSPS) is 10.6. The van der Waals surface area contributed by atoms with Gasteiger partial charge < -0.3 is 9.94 Å². The van der Waals surface area contributed by atoms with Crippen molar-refractivity contribution in [2.24, 2.45) is 0 Å². The molecule has 0 bridgehead atoms. The van der Waals surface area contributed by atoms with E-state index in [9.17, 15) is 14.0 Å². The lowest BCUT2D eigenvalue weighted by Crippen LogP contribution is -2.23. The first kappa shape index (κ1) is 19.4. The molecule has 0 fully saturated rings. The Morgan fingerprint density at radius 2 is 1.63 bits per heavy atom. The van der Waals surface area contributed by atoms with Gasteiger partial charge in [0, 0.05) is 12.3 Å². The second-order valence-corrected chi connectivity index (χ2v) is 7.03. The van der Waals surface area contributed by atoms with Gasteiger partial charge in [0.1, 0.15) is 11.6 Å². The van der Waals surface area contributed by atoms with E-state index in [1.165, 1.54) is 31.6 Å². The van der Waals surface area contributed by atoms with Crippen LogP contribution >= 0.6 is 31.9 Å². The monoisotopic (exact) mass is 496 g/mol. The number of halogens is 4. The van der Waals surface area contributed by atoms with Crippen LogP contribution in [0.25, 0.3) is 21.5 Å². The predicted octanol–water partition coefficient (Wildman–Crippen LogP) is 5.52. The number of nitrogens with zero attached hydrogens (tertiary/aromatic N) is 2. The molecule has 0 amide bonds. The number of benzene rings is 2. The number of fused-ring (bicyclic) bond motifs is 2. The smallest absolute Gasteiger partial charge is 0.222 e. The first-order chi connectivity index (χ1) is 12.9. The highest BCUT2D eigenvalue weighted by Crippen LogP contribution is 2.32. The molecular weight excluding hydrogens is 486 g/mol. The Hall–Kier alpha value is -2.32. The maximum absolute atomic E-state index is 13.2. The molecule has 4 nitrogen and oxygen atoms in total. The molecule has 0 radical (unpaired) electrons. The Bertz CT molecular complexity index is 1130. The molecule has 2 aromatic carbocycles. The molecule has 0 unspecified atom stereocenters. The van der Waals surface area contributed by atoms with Crippen LogP contribution in [0, 0.1) is 16.8 Å². The fourth-order valence-corrected chi connectivity index (χ4v) is 3.50. The first-order valence-corrected chi connectivity index (χ1v) is 9.24. The molecular formula is C19H12Br2F2N2O2. The highest BCUT2D eigenvalue weighted by molar-refractivity contribution is 9.11. The number of rotatable bonds is 1. The zero-order valence-corrected chi connectivity index (χ0v) is 17.1. The zero-order chi connectivity index (χ0) is 19.6. The SMILES string of the molecule is COc1nccc2ccc(F)c(Br)c12.[O-][n+]1ccc2ccc(F)c(Br)c2c1. The van der Waals surface area contributed by atoms with E-state index in [-0.39, 0.29) is 11.6 Å². The van der Waals surface area contributed by atoms with Gasteiger partial charge in [0.2, 0.25) is 5.88 Å². The zero-order valence-electron chi connectivity index (χ0n) is 13.9. The first-order valence-electron chi connectivity index (χ1n) is 7.65. The minimum Gasteiger partial charge on any atom is -0.619 e. The van der Waals surface area contributed by atoms with Crippen molar-refractivity contribution in [1.82, 2.24) is 4.98 Å². The van der Waals surface area contributed by atoms with E-state index >= 15 is 0 Å². The topological polar surface area (TPSA) is 49.1 Å². The third-order valence-electron chi connectivity index (χ3n) is 3.80. The van der Waals surface area contributed by atoms with E-state index in [1.807, 2.05) is 6.07 Å². The van der Waals surface area contributed by atoms with Crippen molar-refractivity contribution in [2.45, 2.75) is 0 Å². The number of pyridine rings is 2. The minimum absolute atomic E-state index is 0.316. The average molecular weight is 498 g/mol. The minimum atomic E-state index is -0.362. The number of ether oxygens (including phenoxy) is 1. The summed E-state index contributed by atoms with van der Waals surface area (Å²) >= 11 is 6.27. The largest absolute Gasteiger partial charge is 0.619 e. The van der Waals surface area contributed by atoms with Crippen LogP contribution in [0.1, 0.15) is 0 Å². The molecule has 4 aromatic rings. The maximum atomic E-state index is 13.2. The van der Waals surface area contributed by atoms with Crippen LogP contribution in [0.4, 0.5) is 8.78 Å². The molecule has 0 aliphatic heterocycles. The quantitative estimate of drug-likeness (QED) is 0.257. The van der Waals surface area contributed by atoms with Crippen LogP contribution in [0.3, 0.4) is 0 Å². The average Bonchev–Trinajstić information content (AvgIpc) is 2.68. The Morgan fingerprint density at radius 1 is 0.963 bits per heavy atom. The fourth-order valence-electron chi connectivity index (χ4n) is 2.51. The van der Waals surface area contributed by atoms with Gasteiger partial charge >= 0.3 is 0 Å². The van der Waals surface area contributed by atoms with Crippen LogP contribution in [-0.2, 0) is 0 Å². The number of aromatic nitrogens is 2. The molecule has 0 aliphatic carbocycles. The van der Waals surface area contributed by atoms with E-state index in [2.05, 4.69) is 36.8 Å². The lowest BCUT2D eigenvalue weighted by molar-refractivity contribution is -0.603.